The summed E-state index contributed by atoms with van der Waals surface area (Å²) in [6, 6.07) is 10.2. The molecule has 0 aliphatic rings. The van der Waals surface area contributed by atoms with Gasteiger partial charge in [-0.25, -0.2) is 0 Å². The van der Waals surface area contributed by atoms with Crippen LogP contribution in [0.5, 0.6) is 11.5 Å². The Kier molecular flexibility index (Phi) is 7.90. The largest absolute Gasteiger partial charge is 0.497 e. The highest BCUT2D eigenvalue weighted by Gasteiger charge is 2.17. The van der Waals surface area contributed by atoms with Gasteiger partial charge in [0, 0.05) is 18.4 Å². The summed E-state index contributed by atoms with van der Waals surface area (Å²) in [6.07, 6.45) is 0. The average Bonchev–Trinajstić information content (AvgIpc) is 2.69. The van der Waals surface area contributed by atoms with Crippen molar-refractivity contribution in [3.05, 3.63) is 42.5 Å². The maximum absolute atomic E-state index is 12.8. The zero-order valence-electron chi connectivity index (χ0n) is 16.2. The fourth-order valence-corrected chi connectivity index (χ4v) is 2.53. The Labute approximate surface area is 167 Å². The summed E-state index contributed by atoms with van der Waals surface area (Å²) >= 11 is 0. The van der Waals surface area contributed by atoms with Crippen LogP contribution in [0, 0.1) is 0 Å². The summed E-state index contributed by atoms with van der Waals surface area (Å²) < 4.78 is 39.9. The van der Waals surface area contributed by atoms with E-state index in [2.05, 4.69) is 15.4 Å². The van der Waals surface area contributed by atoms with E-state index in [1.165, 1.54) is 39.3 Å². The molecule has 0 unspecified atom stereocenters. The van der Waals surface area contributed by atoms with Gasteiger partial charge in [-0.1, -0.05) is 12.1 Å². The van der Waals surface area contributed by atoms with Gasteiger partial charge in [-0.2, -0.15) is 8.78 Å². The molecule has 2 aromatic rings. The molecular weight excluding hydrogens is 386 g/mol. The SMILES string of the molecule is COCC(=O)N[C@H](C)C(=O)Nc1ccc(OC(F)F)c(-c2ccc(OC)cc2)c1. The molecule has 0 aliphatic heterocycles. The van der Waals surface area contributed by atoms with E-state index in [0.717, 1.165) is 0 Å². The molecule has 0 fully saturated rings. The molecule has 29 heavy (non-hydrogen) atoms. The van der Waals surface area contributed by atoms with E-state index in [1.807, 2.05) is 0 Å². The van der Waals surface area contributed by atoms with Crippen molar-refractivity contribution in [1.82, 2.24) is 5.32 Å². The number of hydrogen-bond donors (Lipinski definition) is 2. The van der Waals surface area contributed by atoms with E-state index >= 15 is 0 Å². The molecule has 0 spiro atoms. The predicted octanol–water partition coefficient (Wildman–Crippen LogP) is 3.05. The van der Waals surface area contributed by atoms with Gasteiger partial charge in [0.25, 0.3) is 0 Å². The molecule has 0 aliphatic carbocycles. The summed E-state index contributed by atoms with van der Waals surface area (Å²) in [7, 11) is 2.89. The summed E-state index contributed by atoms with van der Waals surface area (Å²) in [5.41, 5.74) is 1.32. The minimum atomic E-state index is -3.00. The third kappa shape index (κ3) is 6.42. The minimum Gasteiger partial charge on any atom is -0.497 e. The van der Waals surface area contributed by atoms with Gasteiger partial charge < -0.3 is 24.8 Å². The lowest BCUT2D eigenvalue weighted by Crippen LogP contribution is -2.43. The molecule has 7 nitrogen and oxygen atoms in total. The van der Waals surface area contributed by atoms with Crippen LogP contribution in [0.3, 0.4) is 0 Å². The second-order valence-electron chi connectivity index (χ2n) is 6.03. The number of carbonyl (C=O) groups excluding carboxylic acids is 2. The molecule has 0 bridgehead atoms. The number of rotatable bonds is 9. The lowest BCUT2D eigenvalue weighted by atomic mass is 10.0. The van der Waals surface area contributed by atoms with Gasteiger partial charge in [0.1, 0.15) is 24.1 Å². The first-order valence-electron chi connectivity index (χ1n) is 8.66. The van der Waals surface area contributed by atoms with Gasteiger partial charge in [0.15, 0.2) is 0 Å². The van der Waals surface area contributed by atoms with Crippen molar-refractivity contribution in [3.8, 4) is 22.6 Å². The number of halogens is 2. The number of ether oxygens (including phenoxy) is 3. The van der Waals surface area contributed by atoms with Crippen molar-refractivity contribution in [3.63, 3.8) is 0 Å². The molecule has 0 aromatic heterocycles. The van der Waals surface area contributed by atoms with Crippen LogP contribution in [0.15, 0.2) is 42.5 Å². The first kappa shape index (κ1) is 22.1. The van der Waals surface area contributed by atoms with Crippen molar-refractivity contribution >= 4 is 17.5 Å². The van der Waals surface area contributed by atoms with Crippen molar-refractivity contribution in [2.45, 2.75) is 19.6 Å². The number of alkyl halides is 2. The molecule has 0 saturated carbocycles. The second-order valence-corrected chi connectivity index (χ2v) is 6.03. The normalized spacial score (nSPS) is 11.7. The quantitative estimate of drug-likeness (QED) is 0.666. The fraction of sp³-hybridized carbons (Fsp3) is 0.300. The smallest absolute Gasteiger partial charge is 0.387 e. The number of carbonyl (C=O) groups is 2. The first-order valence-corrected chi connectivity index (χ1v) is 8.66. The highest BCUT2D eigenvalue weighted by molar-refractivity contribution is 5.97. The van der Waals surface area contributed by atoms with E-state index < -0.39 is 24.5 Å². The fourth-order valence-electron chi connectivity index (χ4n) is 2.53. The predicted molar refractivity (Wildman–Crippen MR) is 103 cm³/mol. The standard InChI is InChI=1S/C20H22F2N2O5/c1-12(23-18(25)11-27-2)19(26)24-14-6-9-17(29-20(21)22)16(10-14)13-4-7-15(28-3)8-5-13/h4-10,12,20H,11H2,1-3H3,(H,23,25)(H,24,26)/t12-/m1/s1. The second kappa shape index (κ2) is 10.4. The molecule has 2 rings (SSSR count). The van der Waals surface area contributed by atoms with Crippen molar-refractivity contribution in [2.75, 3.05) is 26.1 Å². The molecular formula is C20H22F2N2O5. The van der Waals surface area contributed by atoms with Crippen molar-refractivity contribution in [1.29, 1.82) is 0 Å². The number of benzene rings is 2. The summed E-state index contributed by atoms with van der Waals surface area (Å²) in [5, 5.41) is 5.12. The van der Waals surface area contributed by atoms with Gasteiger partial charge in [-0.15, -0.1) is 0 Å². The topological polar surface area (TPSA) is 85.9 Å². The molecule has 2 aromatic carbocycles. The molecule has 0 radical (unpaired) electrons. The zero-order valence-corrected chi connectivity index (χ0v) is 16.2. The number of nitrogens with one attached hydrogen (secondary N) is 2. The van der Waals surface area contributed by atoms with Crippen LogP contribution < -0.4 is 20.1 Å². The maximum atomic E-state index is 12.8. The van der Waals surface area contributed by atoms with Gasteiger partial charge in [0.05, 0.1) is 7.11 Å². The van der Waals surface area contributed by atoms with Crippen LogP contribution in [0.25, 0.3) is 11.1 Å². The average molecular weight is 408 g/mol. The van der Waals surface area contributed by atoms with Crippen LogP contribution in [-0.4, -0.2) is 45.3 Å². The van der Waals surface area contributed by atoms with E-state index in [9.17, 15) is 18.4 Å². The lowest BCUT2D eigenvalue weighted by molar-refractivity contribution is -0.128. The van der Waals surface area contributed by atoms with Crippen LogP contribution in [0.2, 0.25) is 0 Å². The highest BCUT2D eigenvalue weighted by atomic mass is 19.3. The van der Waals surface area contributed by atoms with Gasteiger partial charge >= 0.3 is 6.61 Å². The first-order chi connectivity index (χ1) is 13.8. The van der Waals surface area contributed by atoms with Gasteiger partial charge in [0.2, 0.25) is 11.8 Å². The monoisotopic (exact) mass is 408 g/mol. The third-order valence-electron chi connectivity index (χ3n) is 3.91. The minimum absolute atomic E-state index is 0.0374. The number of anilines is 1. The molecule has 0 heterocycles. The van der Waals surface area contributed by atoms with Crippen LogP contribution >= 0.6 is 0 Å². The molecule has 0 saturated heterocycles. The third-order valence-corrected chi connectivity index (χ3v) is 3.91. The van der Waals surface area contributed by atoms with E-state index in [1.54, 1.807) is 24.3 Å². The summed E-state index contributed by atoms with van der Waals surface area (Å²) in [6.45, 7) is -1.65. The maximum Gasteiger partial charge on any atom is 0.387 e. The van der Waals surface area contributed by atoms with Crippen LogP contribution in [0.4, 0.5) is 14.5 Å². The van der Waals surface area contributed by atoms with Gasteiger partial charge in [-0.3, -0.25) is 9.59 Å². The van der Waals surface area contributed by atoms with E-state index in [-0.39, 0.29) is 12.4 Å². The Morgan fingerprint density at radius 1 is 1.07 bits per heavy atom. The Balaban J connectivity index is 2.24. The number of methoxy groups -OCH3 is 2. The molecule has 2 amide bonds. The Hall–Kier alpha value is -3.20. The van der Waals surface area contributed by atoms with Gasteiger partial charge in [-0.05, 0) is 42.8 Å². The van der Waals surface area contributed by atoms with Crippen LogP contribution in [-0.2, 0) is 14.3 Å². The van der Waals surface area contributed by atoms with Crippen molar-refractivity contribution in [2.24, 2.45) is 0 Å². The molecule has 1 atom stereocenters. The number of hydrogen-bond acceptors (Lipinski definition) is 5. The van der Waals surface area contributed by atoms with E-state index in [4.69, 9.17) is 9.47 Å². The lowest BCUT2D eigenvalue weighted by Gasteiger charge is -2.16. The molecule has 156 valence electrons. The Morgan fingerprint density at radius 3 is 2.34 bits per heavy atom. The van der Waals surface area contributed by atoms with Crippen LogP contribution in [0.1, 0.15) is 6.92 Å². The molecule has 9 heteroatoms. The Bertz CT molecular complexity index is 843. The Morgan fingerprint density at radius 2 is 1.76 bits per heavy atom. The van der Waals surface area contributed by atoms with E-state index in [0.29, 0.717) is 22.6 Å². The highest BCUT2D eigenvalue weighted by Crippen LogP contribution is 2.34. The zero-order chi connectivity index (χ0) is 21.4. The summed E-state index contributed by atoms with van der Waals surface area (Å²) in [4.78, 5) is 23.8. The molecule has 2 N–H and O–H groups in total. The number of amides is 2. The van der Waals surface area contributed by atoms with Crippen molar-refractivity contribution < 1.29 is 32.6 Å². The summed E-state index contributed by atoms with van der Waals surface area (Å²) in [5.74, 6) is -0.341.